The van der Waals surface area contributed by atoms with Crippen molar-refractivity contribution in [3.63, 3.8) is 0 Å². The van der Waals surface area contributed by atoms with Gasteiger partial charge in [-0.05, 0) is 96.6 Å². The molecule has 0 aliphatic heterocycles. The highest BCUT2D eigenvalue weighted by Crippen LogP contribution is 2.34. The number of fused-ring (bicyclic) bond motifs is 7. The van der Waals surface area contributed by atoms with Gasteiger partial charge in [0.25, 0.3) is 0 Å². The quantitative estimate of drug-likeness (QED) is 0.207. The lowest BCUT2D eigenvalue weighted by Gasteiger charge is -2.19. The largest absolute Gasteiger partial charge is 0.0649 e. The van der Waals surface area contributed by atoms with Gasteiger partial charge in [-0.3, -0.25) is 0 Å². The summed E-state index contributed by atoms with van der Waals surface area (Å²) in [6.07, 6.45) is 6.65. The molecule has 0 heteroatoms. The zero-order valence-electron chi connectivity index (χ0n) is 22.5. The molecule has 7 aromatic rings. The zero-order chi connectivity index (χ0) is 26.5. The number of benzene rings is 7. The van der Waals surface area contributed by atoms with E-state index in [1.54, 1.807) is 0 Å². The lowest BCUT2D eigenvalue weighted by atomic mass is 9.85. The first-order chi connectivity index (χ1) is 19.8. The minimum atomic E-state index is 0.957. The van der Waals surface area contributed by atoms with Crippen molar-refractivity contribution in [1.82, 2.24) is 0 Å². The Bertz CT molecular complexity index is 2110. The third-order valence-electron chi connectivity index (χ3n) is 8.80. The first kappa shape index (κ1) is 23.2. The van der Waals surface area contributed by atoms with E-state index in [0.717, 1.165) is 25.7 Å². The molecule has 40 heavy (non-hydrogen) atoms. The number of rotatable bonds is 4. The maximum absolute atomic E-state index is 2.46. The predicted octanol–water partition coefficient (Wildman–Crippen LogP) is 10.5. The van der Waals surface area contributed by atoms with E-state index < -0.39 is 0 Å². The summed E-state index contributed by atoms with van der Waals surface area (Å²) in [7, 11) is 0. The highest BCUT2D eigenvalue weighted by Gasteiger charge is 2.15. The number of aryl methyl sites for hydroxylation is 1. The van der Waals surface area contributed by atoms with Crippen molar-refractivity contribution < 1.29 is 0 Å². The second kappa shape index (κ2) is 9.50. The van der Waals surface area contributed by atoms with Gasteiger partial charge in [0.1, 0.15) is 0 Å². The van der Waals surface area contributed by atoms with Crippen LogP contribution >= 0.6 is 0 Å². The first-order valence-electron chi connectivity index (χ1n) is 14.4. The van der Waals surface area contributed by atoms with Crippen molar-refractivity contribution in [2.75, 3.05) is 0 Å². The van der Waals surface area contributed by atoms with E-state index in [9.17, 15) is 0 Å². The van der Waals surface area contributed by atoms with Crippen molar-refractivity contribution in [3.8, 4) is 0 Å². The van der Waals surface area contributed by atoms with Gasteiger partial charge in [-0.2, -0.15) is 0 Å². The van der Waals surface area contributed by atoms with Gasteiger partial charge in [0.05, 0.1) is 0 Å². The van der Waals surface area contributed by atoms with Crippen LogP contribution in [0.25, 0.3) is 49.2 Å². The Labute approximate surface area is 235 Å². The van der Waals surface area contributed by atoms with Crippen LogP contribution in [0.4, 0.5) is 0 Å². The lowest BCUT2D eigenvalue weighted by Crippen LogP contribution is -2.03. The van der Waals surface area contributed by atoms with E-state index >= 15 is 0 Å². The molecule has 0 saturated carbocycles. The van der Waals surface area contributed by atoms with Gasteiger partial charge < -0.3 is 0 Å². The minimum Gasteiger partial charge on any atom is -0.0649 e. The normalized spacial score (nSPS) is 13.2. The molecule has 0 fully saturated rings. The van der Waals surface area contributed by atoms with E-state index in [-0.39, 0.29) is 0 Å². The van der Waals surface area contributed by atoms with Crippen molar-refractivity contribution >= 4 is 49.2 Å². The molecular formula is C40H30. The third kappa shape index (κ3) is 4.00. The van der Waals surface area contributed by atoms with Gasteiger partial charge in [-0.1, -0.05) is 139 Å². The van der Waals surface area contributed by atoms with Crippen LogP contribution in [-0.2, 0) is 19.3 Å². The van der Waals surface area contributed by atoms with E-state index in [2.05, 4.69) is 133 Å². The van der Waals surface area contributed by atoms with Gasteiger partial charge in [0.2, 0.25) is 0 Å². The average molecular weight is 511 g/mol. The molecule has 0 radical (unpaired) electrons. The highest BCUT2D eigenvalue weighted by molar-refractivity contribution is 6.10. The van der Waals surface area contributed by atoms with Crippen molar-refractivity contribution in [3.05, 3.63) is 161 Å². The van der Waals surface area contributed by atoms with Crippen LogP contribution in [0.5, 0.6) is 0 Å². The van der Waals surface area contributed by atoms with Crippen molar-refractivity contribution in [2.24, 2.45) is 0 Å². The molecule has 0 saturated heterocycles. The second-order valence-electron chi connectivity index (χ2n) is 11.3. The second-order valence-corrected chi connectivity index (χ2v) is 11.3. The van der Waals surface area contributed by atoms with E-state index in [1.165, 1.54) is 76.5 Å². The van der Waals surface area contributed by atoms with Crippen LogP contribution in [0.2, 0.25) is 0 Å². The fourth-order valence-corrected chi connectivity index (χ4v) is 6.87. The Morgan fingerprint density at radius 2 is 0.950 bits per heavy atom. The number of hydrogen-bond donors (Lipinski definition) is 0. The number of hydrogen-bond acceptors (Lipinski definition) is 0. The fourth-order valence-electron chi connectivity index (χ4n) is 6.87. The molecule has 8 rings (SSSR count). The first-order valence-corrected chi connectivity index (χ1v) is 14.4. The SMILES string of the molecule is C1=C(Cc2cc3ccccc3c3ccccc23)CCc2cc(Cc3cc4ccccc4c4ccccc34)ccc21. The zero-order valence-corrected chi connectivity index (χ0v) is 22.5. The molecule has 1 aliphatic carbocycles. The van der Waals surface area contributed by atoms with Crippen LogP contribution in [0, 0.1) is 0 Å². The van der Waals surface area contributed by atoms with Gasteiger partial charge >= 0.3 is 0 Å². The molecule has 1 aliphatic rings. The van der Waals surface area contributed by atoms with Crippen LogP contribution < -0.4 is 0 Å². The molecule has 0 unspecified atom stereocenters. The molecule has 0 bridgehead atoms. The summed E-state index contributed by atoms with van der Waals surface area (Å²) >= 11 is 0. The summed E-state index contributed by atoms with van der Waals surface area (Å²) in [6.45, 7) is 0. The molecule has 0 amide bonds. The topological polar surface area (TPSA) is 0 Å². The number of allylic oxidation sites excluding steroid dienone is 1. The molecule has 7 aromatic carbocycles. The average Bonchev–Trinajstić information content (AvgIpc) is 3.01. The lowest BCUT2D eigenvalue weighted by molar-refractivity contribution is 0.888. The molecule has 0 heterocycles. The Balaban J connectivity index is 1.12. The predicted molar refractivity (Wildman–Crippen MR) is 172 cm³/mol. The molecule has 190 valence electrons. The van der Waals surface area contributed by atoms with E-state index in [4.69, 9.17) is 0 Å². The summed E-state index contributed by atoms with van der Waals surface area (Å²) in [5, 5.41) is 10.8. The summed E-state index contributed by atoms with van der Waals surface area (Å²) in [6, 6.07) is 47.3. The maximum Gasteiger partial charge on any atom is -0.00193 e. The standard InChI is InChI=1S/C40H30/c1-3-11-35-31(9-1)25-33(37-13-5-7-15-39(35)37)23-27-17-19-30-22-28(18-20-29(30)21-27)24-34-26-32-10-2-4-12-36(32)40-16-8-6-14-38(34)40/h1-17,19,21-22,25-26H,18,20,23-24H2. The Hall–Kier alpha value is -4.68. The summed E-state index contributed by atoms with van der Waals surface area (Å²) in [5.41, 5.74) is 8.64. The molecule has 0 nitrogen and oxygen atoms in total. The molecule has 0 N–H and O–H groups in total. The molecular weight excluding hydrogens is 480 g/mol. The molecule has 0 aromatic heterocycles. The van der Waals surface area contributed by atoms with Crippen molar-refractivity contribution in [2.45, 2.75) is 25.7 Å². The maximum atomic E-state index is 2.46. The van der Waals surface area contributed by atoms with Gasteiger partial charge in [0.15, 0.2) is 0 Å². The van der Waals surface area contributed by atoms with Gasteiger partial charge in [0, 0.05) is 0 Å². The van der Waals surface area contributed by atoms with Crippen LogP contribution in [0.15, 0.2) is 133 Å². The highest BCUT2D eigenvalue weighted by atomic mass is 14.2. The van der Waals surface area contributed by atoms with E-state index in [1.807, 2.05) is 0 Å². The van der Waals surface area contributed by atoms with Crippen LogP contribution in [0.1, 0.15) is 34.2 Å². The Morgan fingerprint density at radius 1 is 0.425 bits per heavy atom. The third-order valence-corrected chi connectivity index (χ3v) is 8.80. The van der Waals surface area contributed by atoms with Crippen molar-refractivity contribution in [1.29, 1.82) is 0 Å². The Morgan fingerprint density at radius 3 is 1.57 bits per heavy atom. The molecule has 0 atom stereocenters. The van der Waals surface area contributed by atoms with Crippen LogP contribution in [0.3, 0.4) is 0 Å². The van der Waals surface area contributed by atoms with Gasteiger partial charge in [-0.15, -0.1) is 0 Å². The van der Waals surface area contributed by atoms with Gasteiger partial charge in [-0.25, -0.2) is 0 Å². The van der Waals surface area contributed by atoms with Crippen LogP contribution in [-0.4, -0.2) is 0 Å². The smallest absolute Gasteiger partial charge is 0.00193 e. The fraction of sp³-hybridized carbons (Fsp3) is 0.100. The monoisotopic (exact) mass is 510 g/mol. The minimum absolute atomic E-state index is 0.957. The Kier molecular flexibility index (Phi) is 5.52. The summed E-state index contributed by atoms with van der Waals surface area (Å²) in [4.78, 5) is 0. The summed E-state index contributed by atoms with van der Waals surface area (Å²) in [5.74, 6) is 0. The van der Waals surface area contributed by atoms with E-state index in [0.29, 0.717) is 0 Å². The molecule has 0 spiro atoms. The summed E-state index contributed by atoms with van der Waals surface area (Å²) < 4.78 is 0.